The van der Waals surface area contributed by atoms with E-state index in [0.717, 1.165) is 24.2 Å². The fourth-order valence-corrected chi connectivity index (χ4v) is 3.53. The average molecular weight is 339 g/mol. The number of hydrogen-bond donors (Lipinski definition) is 2. The number of pyridine rings is 1. The zero-order valence-electron chi connectivity index (χ0n) is 14.6. The standard InChI is InChI=1S/C19H25N5O/c1-15(24-16-11-20-14-21-12-16)18(25)23-13-19(8-4-2-5-9-19)17-7-3-6-10-22-17/h3,6-7,10-12,14-15,24H,2,4-5,8-9,13H2,1H3,(H,23,25). The Labute approximate surface area is 148 Å². The quantitative estimate of drug-likeness (QED) is 0.846. The van der Waals surface area contributed by atoms with Crippen LogP contribution in [0.15, 0.2) is 43.1 Å². The Bertz CT molecular complexity index is 671. The molecule has 1 aliphatic carbocycles. The van der Waals surface area contributed by atoms with E-state index < -0.39 is 0 Å². The number of rotatable bonds is 6. The fraction of sp³-hybridized carbons (Fsp3) is 0.474. The maximum absolute atomic E-state index is 12.5. The van der Waals surface area contributed by atoms with E-state index in [0.29, 0.717) is 6.54 Å². The summed E-state index contributed by atoms with van der Waals surface area (Å²) in [6.45, 7) is 2.47. The topological polar surface area (TPSA) is 79.8 Å². The molecular formula is C19H25N5O. The highest BCUT2D eigenvalue weighted by Crippen LogP contribution is 2.37. The first kappa shape index (κ1) is 17.3. The first-order valence-electron chi connectivity index (χ1n) is 8.90. The van der Waals surface area contributed by atoms with Gasteiger partial charge in [0.15, 0.2) is 0 Å². The summed E-state index contributed by atoms with van der Waals surface area (Å²) in [6.07, 6.45) is 12.4. The number of anilines is 1. The lowest BCUT2D eigenvalue weighted by Gasteiger charge is -2.37. The van der Waals surface area contributed by atoms with Crippen LogP contribution in [0.2, 0.25) is 0 Å². The number of aromatic nitrogens is 3. The molecule has 0 spiro atoms. The third kappa shape index (κ3) is 4.32. The number of carbonyl (C=O) groups is 1. The van der Waals surface area contributed by atoms with Crippen LogP contribution in [0.1, 0.15) is 44.7 Å². The summed E-state index contributed by atoms with van der Waals surface area (Å²) in [5.41, 5.74) is 1.78. The van der Waals surface area contributed by atoms with Crippen molar-refractivity contribution < 1.29 is 4.79 Å². The zero-order chi connectivity index (χ0) is 17.5. The van der Waals surface area contributed by atoms with Gasteiger partial charge in [0.05, 0.1) is 18.1 Å². The molecule has 1 atom stereocenters. The molecule has 1 unspecified atom stereocenters. The molecule has 2 heterocycles. The van der Waals surface area contributed by atoms with Crippen LogP contribution in [-0.2, 0) is 10.2 Å². The second kappa shape index (κ2) is 8.05. The lowest BCUT2D eigenvalue weighted by Crippen LogP contribution is -2.46. The molecule has 0 aliphatic heterocycles. The molecule has 3 rings (SSSR count). The van der Waals surface area contributed by atoms with E-state index in [-0.39, 0.29) is 17.4 Å². The highest BCUT2D eigenvalue weighted by Gasteiger charge is 2.35. The van der Waals surface area contributed by atoms with Crippen LogP contribution in [0.4, 0.5) is 5.69 Å². The van der Waals surface area contributed by atoms with Crippen LogP contribution < -0.4 is 10.6 Å². The Morgan fingerprint density at radius 1 is 1.20 bits per heavy atom. The van der Waals surface area contributed by atoms with Gasteiger partial charge in [-0.3, -0.25) is 9.78 Å². The van der Waals surface area contributed by atoms with E-state index in [1.807, 2.05) is 25.3 Å². The summed E-state index contributed by atoms with van der Waals surface area (Å²) >= 11 is 0. The molecule has 0 bridgehead atoms. The van der Waals surface area contributed by atoms with Gasteiger partial charge in [-0.25, -0.2) is 9.97 Å². The van der Waals surface area contributed by atoms with Gasteiger partial charge in [0, 0.05) is 23.9 Å². The zero-order valence-corrected chi connectivity index (χ0v) is 14.6. The number of nitrogens with zero attached hydrogens (tertiary/aromatic N) is 3. The minimum atomic E-state index is -0.352. The van der Waals surface area contributed by atoms with Gasteiger partial charge >= 0.3 is 0 Å². The monoisotopic (exact) mass is 339 g/mol. The Morgan fingerprint density at radius 2 is 1.96 bits per heavy atom. The lowest BCUT2D eigenvalue weighted by molar-refractivity contribution is -0.121. The summed E-state index contributed by atoms with van der Waals surface area (Å²) in [5.74, 6) is -0.0234. The molecule has 1 aliphatic rings. The molecule has 6 nitrogen and oxygen atoms in total. The molecule has 0 saturated heterocycles. The smallest absolute Gasteiger partial charge is 0.242 e. The first-order chi connectivity index (χ1) is 12.2. The molecule has 132 valence electrons. The Hall–Kier alpha value is -2.50. The average Bonchev–Trinajstić information content (AvgIpc) is 2.68. The van der Waals surface area contributed by atoms with Crippen molar-refractivity contribution in [3.8, 4) is 0 Å². The highest BCUT2D eigenvalue weighted by atomic mass is 16.2. The Morgan fingerprint density at radius 3 is 2.64 bits per heavy atom. The predicted octanol–water partition coefficient (Wildman–Crippen LogP) is 2.69. The van der Waals surface area contributed by atoms with Gasteiger partial charge in [-0.15, -0.1) is 0 Å². The highest BCUT2D eigenvalue weighted by molar-refractivity contribution is 5.84. The second-order valence-corrected chi connectivity index (χ2v) is 6.77. The van der Waals surface area contributed by atoms with E-state index in [1.165, 1.54) is 25.6 Å². The van der Waals surface area contributed by atoms with Crippen LogP contribution in [0.3, 0.4) is 0 Å². The van der Waals surface area contributed by atoms with E-state index in [2.05, 4.69) is 31.7 Å². The first-order valence-corrected chi connectivity index (χ1v) is 8.90. The number of amides is 1. The molecule has 2 aromatic rings. The molecule has 6 heteroatoms. The van der Waals surface area contributed by atoms with Gasteiger partial charge < -0.3 is 10.6 Å². The minimum absolute atomic E-state index is 0.0234. The Balaban J connectivity index is 1.64. The van der Waals surface area contributed by atoms with E-state index >= 15 is 0 Å². The van der Waals surface area contributed by atoms with Crippen LogP contribution >= 0.6 is 0 Å². The third-order valence-corrected chi connectivity index (χ3v) is 4.96. The number of hydrogen-bond acceptors (Lipinski definition) is 5. The van der Waals surface area contributed by atoms with Crippen LogP contribution in [0.25, 0.3) is 0 Å². The van der Waals surface area contributed by atoms with Gasteiger partial charge in [0.2, 0.25) is 5.91 Å². The summed E-state index contributed by atoms with van der Waals surface area (Å²) in [6, 6.07) is 5.70. The van der Waals surface area contributed by atoms with Crippen molar-refractivity contribution in [2.45, 2.75) is 50.5 Å². The Kier molecular flexibility index (Phi) is 5.58. The minimum Gasteiger partial charge on any atom is -0.371 e. The van der Waals surface area contributed by atoms with Crippen molar-refractivity contribution in [2.24, 2.45) is 0 Å². The van der Waals surface area contributed by atoms with Crippen molar-refractivity contribution in [2.75, 3.05) is 11.9 Å². The van der Waals surface area contributed by atoms with Crippen LogP contribution in [0, 0.1) is 0 Å². The number of carbonyl (C=O) groups excluding carboxylic acids is 1. The van der Waals surface area contributed by atoms with E-state index in [1.54, 1.807) is 12.4 Å². The van der Waals surface area contributed by atoms with Crippen molar-refractivity contribution in [1.29, 1.82) is 0 Å². The molecule has 25 heavy (non-hydrogen) atoms. The normalized spacial score (nSPS) is 17.5. The molecule has 1 fully saturated rings. The predicted molar refractivity (Wildman–Crippen MR) is 97.1 cm³/mol. The second-order valence-electron chi connectivity index (χ2n) is 6.77. The maximum atomic E-state index is 12.5. The van der Waals surface area contributed by atoms with Crippen molar-refractivity contribution in [1.82, 2.24) is 20.3 Å². The summed E-state index contributed by atoms with van der Waals surface area (Å²) in [5, 5.41) is 6.26. The largest absolute Gasteiger partial charge is 0.371 e. The molecule has 2 N–H and O–H groups in total. The summed E-state index contributed by atoms with van der Waals surface area (Å²) < 4.78 is 0. The van der Waals surface area contributed by atoms with Crippen molar-refractivity contribution in [3.63, 3.8) is 0 Å². The summed E-state index contributed by atoms with van der Waals surface area (Å²) in [4.78, 5) is 25.0. The fourth-order valence-electron chi connectivity index (χ4n) is 3.53. The SMILES string of the molecule is CC(Nc1cncnc1)C(=O)NCC1(c2ccccn2)CCCCC1. The molecule has 1 saturated carbocycles. The molecule has 0 radical (unpaired) electrons. The van der Waals surface area contributed by atoms with Gasteiger partial charge in [-0.05, 0) is 31.9 Å². The number of nitrogens with one attached hydrogen (secondary N) is 2. The molecule has 0 aromatic carbocycles. The van der Waals surface area contributed by atoms with Crippen LogP contribution in [0.5, 0.6) is 0 Å². The van der Waals surface area contributed by atoms with E-state index in [9.17, 15) is 4.79 Å². The molecular weight excluding hydrogens is 314 g/mol. The van der Waals surface area contributed by atoms with Crippen molar-refractivity contribution >= 4 is 11.6 Å². The van der Waals surface area contributed by atoms with Crippen LogP contribution in [-0.4, -0.2) is 33.4 Å². The van der Waals surface area contributed by atoms with Gasteiger partial charge in [-0.2, -0.15) is 0 Å². The summed E-state index contributed by atoms with van der Waals surface area (Å²) in [7, 11) is 0. The molecule has 1 amide bonds. The molecule has 2 aromatic heterocycles. The van der Waals surface area contributed by atoms with Crippen molar-refractivity contribution in [3.05, 3.63) is 48.8 Å². The van der Waals surface area contributed by atoms with Gasteiger partial charge in [0.25, 0.3) is 0 Å². The maximum Gasteiger partial charge on any atom is 0.242 e. The third-order valence-electron chi connectivity index (χ3n) is 4.96. The van der Waals surface area contributed by atoms with E-state index in [4.69, 9.17) is 0 Å². The van der Waals surface area contributed by atoms with Gasteiger partial charge in [0.1, 0.15) is 12.4 Å². The van der Waals surface area contributed by atoms with Gasteiger partial charge in [-0.1, -0.05) is 25.3 Å². The lowest BCUT2D eigenvalue weighted by atomic mass is 9.71.